The number of aliphatic hydroxyl groups excluding tert-OH is 2. The number of hydrogen-bond acceptors (Lipinski definition) is 3. The fourth-order valence-electron chi connectivity index (χ4n) is 1.52. The predicted octanol–water partition coefficient (Wildman–Crippen LogP) is 0.997. The van der Waals surface area contributed by atoms with Crippen molar-refractivity contribution in [3.8, 4) is 0 Å². The molecule has 1 aromatic carbocycles. The van der Waals surface area contributed by atoms with Crippen LogP contribution >= 0.6 is 0 Å². The SMILES string of the molecule is CCN(CCO)c1ccccc1CO. The van der Waals surface area contributed by atoms with Gasteiger partial charge in [-0.25, -0.2) is 0 Å². The van der Waals surface area contributed by atoms with Crippen molar-refractivity contribution in [1.82, 2.24) is 0 Å². The molecule has 0 fully saturated rings. The molecule has 0 atom stereocenters. The van der Waals surface area contributed by atoms with Crippen LogP contribution in [0.2, 0.25) is 0 Å². The summed E-state index contributed by atoms with van der Waals surface area (Å²) < 4.78 is 0. The Morgan fingerprint density at radius 2 is 1.93 bits per heavy atom. The first-order valence-corrected chi connectivity index (χ1v) is 4.88. The molecule has 3 nitrogen and oxygen atoms in total. The van der Waals surface area contributed by atoms with Crippen LogP contribution in [0.3, 0.4) is 0 Å². The van der Waals surface area contributed by atoms with E-state index in [2.05, 4.69) is 0 Å². The van der Waals surface area contributed by atoms with Gasteiger partial charge in [0, 0.05) is 24.3 Å². The van der Waals surface area contributed by atoms with Gasteiger partial charge in [0.25, 0.3) is 0 Å². The number of nitrogens with zero attached hydrogens (tertiary/aromatic N) is 1. The van der Waals surface area contributed by atoms with Crippen LogP contribution in [-0.4, -0.2) is 29.9 Å². The third-order valence-electron chi connectivity index (χ3n) is 2.25. The summed E-state index contributed by atoms with van der Waals surface area (Å²) in [6.07, 6.45) is 0. The standard InChI is InChI=1S/C11H17NO2/c1-2-12(7-8-13)11-6-4-3-5-10(11)9-14/h3-6,13-14H,2,7-9H2,1H3. The summed E-state index contributed by atoms with van der Waals surface area (Å²) in [5, 5.41) is 18.0. The molecule has 0 bridgehead atoms. The van der Waals surface area contributed by atoms with Gasteiger partial charge in [-0.05, 0) is 13.0 Å². The number of likely N-dealkylation sites (N-methyl/N-ethyl adjacent to an activating group) is 1. The van der Waals surface area contributed by atoms with Crippen molar-refractivity contribution in [3.63, 3.8) is 0 Å². The highest BCUT2D eigenvalue weighted by Gasteiger charge is 2.07. The van der Waals surface area contributed by atoms with Crippen molar-refractivity contribution < 1.29 is 10.2 Å². The molecule has 0 aliphatic rings. The maximum Gasteiger partial charge on any atom is 0.0702 e. The van der Waals surface area contributed by atoms with Crippen LogP contribution in [0.4, 0.5) is 5.69 Å². The lowest BCUT2D eigenvalue weighted by Gasteiger charge is -2.24. The zero-order chi connectivity index (χ0) is 10.4. The van der Waals surface area contributed by atoms with Gasteiger partial charge in [-0.15, -0.1) is 0 Å². The highest BCUT2D eigenvalue weighted by molar-refractivity contribution is 5.53. The average molecular weight is 195 g/mol. The Kier molecular flexibility index (Phi) is 4.43. The molecule has 0 aromatic heterocycles. The maximum absolute atomic E-state index is 9.14. The smallest absolute Gasteiger partial charge is 0.0702 e. The third kappa shape index (κ3) is 2.47. The van der Waals surface area contributed by atoms with Crippen LogP contribution in [0.5, 0.6) is 0 Å². The van der Waals surface area contributed by atoms with Crippen LogP contribution in [0.15, 0.2) is 24.3 Å². The summed E-state index contributed by atoms with van der Waals surface area (Å²) in [6.45, 7) is 3.64. The summed E-state index contributed by atoms with van der Waals surface area (Å²) in [5.41, 5.74) is 1.91. The molecule has 0 aliphatic heterocycles. The molecule has 0 saturated heterocycles. The van der Waals surface area contributed by atoms with Gasteiger partial charge < -0.3 is 15.1 Å². The van der Waals surface area contributed by atoms with E-state index in [0.717, 1.165) is 17.8 Å². The molecule has 14 heavy (non-hydrogen) atoms. The first-order chi connectivity index (χ1) is 6.83. The molecular formula is C11H17NO2. The summed E-state index contributed by atoms with van der Waals surface area (Å²) in [4.78, 5) is 2.05. The first kappa shape index (κ1) is 11.0. The molecule has 0 aliphatic carbocycles. The van der Waals surface area contributed by atoms with E-state index in [4.69, 9.17) is 10.2 Å². The van der Waals surface area contributed by atoms with Gasteiger partial charge >= 0.3 is 0 Å². The Bertz CT molecular complexity index is 276. The van der Waals surface area contributed by atoms with E-state index < -0.39 is 0 Å². The molecule has 0 unspecified atom stereocenters. The van der Waals surface area contributed by atoms with Crippen LogP contribution in [0.25, 0.3) is 0 Å². The van der Waals surface area contributed by atoms with E-state index in [1.807, 2.05) is 36.1 Å². The van der Waals surface area contributed by atoms with Gasteiger partial charge in [0.1, 0.15) is 0 Å². The van der Waals surface area contributed by atoms with E-state index >= 15 is 0 Å². The van der Waals surface area contributed by atoms with Crippen molar-refractivity contribution in [2.45, 2.75) is 13.5 Å². The normalized spacial score (nSPS) is 10.2. The summed E-state index contributed by atoms with van der Waals surface area (Å²) in [7, 11) is 0. The van der Waals surface area contributed by atoms with Crippen molar-refractivity contribution in [3.05, 3.63) is 29.8 Å². The summed E-state index contributed by atoms with van der Waals surface area (Å²) in [6, 6.07) is 7.70. The lowest BCUT2D eigenvalue weighted by molar-refractivity contribution is 0.280. The number of benzene rings is 1. The van der Waals surface area contributed by atoms with Crippen molar-refractivity contribution >= 4 is 5.69 Å². The number of rotatable bonds is 5. The van der Waals surface area contributed by atoms with Gasteiger partial charge in [-0.2, -0.15) is 0 Å². The fourth-order valence-corrected chi connectivity index (χ4v) is 1.52. The average Bonchev–Trinajstić information content (AvgIpc) is 2.26. The third-order valence-corrected chi connectivity index (χ3v) is 2.25. The zero-order valence-corrected chi connectivity index (χ0v) is 8.48. The molecule has 0 heterocycles. The molecule has 1 rings (SSSR count). The van der Waals surface area contributed by atoms with Gasteiger partial charge in [0.2, 0.25) is 0 Å². The van der Waals surface area contributed by atoms with E-state index in [9.17, 15) is 0 Å². The van der Waals surface area contributed by atoms with E-state index in [1.165, 1.54) is 0 Å². The minimum absolute atomic E-state index is 0.0398. The monoisotopic (exact) mass is 195 g/mol. The number of para-hydroxylation sites is 1. The molecule has 0 spiro atoms. The van der Waals surface area contributed by atoms with E-state index in [1.54, 1.807) is 0 Å². The van der Waals surface area contributed by atoms with Crippen LogP contribution in [-0.2, 0) is 6.61 Å². The summed E-state index contributed by atoms with van der Waals surface area (Å²) >= 11 is 0. The van der Waals surface area contributed by atoms with Crippen LogP contribution in [0.1, 0.15) is 12.5 Å². The minimum Gasteiger partial charge on any atom is -0.395 e. The lowest BCUT2D eigenvalue weighted by atomic mass is 10.1. The minimum atomic E-state index is 0.0398. The number of anilines is 1. The van der Waals surface area contributed by atoms with Crippen LogP contribution in [0, 0.1) is 0 Å². The quantitative estimate of drug-likeness (QED) is 0.736. The highest BCUT2D eigenvalue weighted by atomic mass is 16.3. The van der Waals surface area contributed by atoms with Gasteiger partial charge in [-0.1, -0.05) is 18.2 Å². The van der Waals surface area contributed by atoms with Crippen molar-refractivity contribution in [2.24, 2.45) is 0 Å². The Morgan fingerprint density at radius 1 is 1.21 bits per heavy atom. The molecule has 0 saturated carbocycles. The number of aliphatic hydroxyl groups is 2. The Labute approximate surface area is 84.6 Å². The van der Waals surface area contributed by atoms with E-state index in [-0.39, 0.29) is 13.2 Å². The predicted molar refractivity (Wildman–Crippen MR) is 57.3 cm³/mol. The topological polar surface area (TPSA) is 43.7 Å². The Hall–Kier alpha value is -1.06. The van der Waals surface area contributed by atoms with Crippen LogP contribution < -0.4 is 4.90 Å². The molecule has 2 N–H and O–H groups in total. The van der Waals surface area contributed by atoms with Crippen molar-refractivity contribution in [1.29, 1.82) is 0 Å². The lowest BCUT2D eigenvalue weighted by Crippen LogP contribution is -2.27. The van der Waals surface area contributed by atoms with Crippen molar-refractivity contribution in [2.75, 3.05) is 24.6 Å². The molecule has 1 aromatic rings. The molecule has 0 radical (unpaired) electrons. The maximum atomic E-state index is 9.14. The largest absolute Gasteiger partial charge is 0.395 e. The molecule has 0 amide bonds. The molecule has 78 valence electrons. The Balaban J connectivity index is 2.90. The van der Waals surface area contributed by atoms with E-state index in [0.29, 0.717) is 6.54 Å². The molecular weight excluding hydrogens is 178 g/mol. The zero-order valence-electron chi connectivity index (χ0n) is 8.48. The van der Waals surface area contributed by atoms with Gasteiger partial charge in [-0.3, -0.25) is 0 Å². The second kappa shape index (κ2) is 5.62. The van der Waals surface area contributed by atoms with Gasteiger partial charge in [0.05, 0.1) is 13.2 Å². The first-order valence-electron chi connectivity index (χ1n) is 4.88. The Morgan fingerprint density at radius 3 is 2.50 bits per heavy atom. The second-order valence-electron chi connectivity index (χ2n) is 3.09. The number of hydrogen-bond donors (Lipinski definition) is 2. The highest BCUT2D eigenvalue weighted by Crippen LogP contribution is 2.19. The second-order valence-corrected chi connectivity index (χ2v) is 3.09. The molecule has 3 heteroatoms. The summed E-state index contributed by atoms with van der Waals surface area (Å²) in [5.74, 6) is 0. The van der Waals surface area contributed by atoms with Gasteiger partial charge in [0.15, 0.2) is 0 Å². The fraction of sp³-hybridized carbons (Fsp3) is 0.455.